The molecule has 0 unspecified atom stereocenters. The number of nitrogens with zero attached hydrogens (tertiary/aromatic N) is 3. The van der Waals surface area contributed by atoms with Crippen LogP contribution in [0.4, 0.5) is 11.4 Å². The van der Waals surface area contributed by atoms with Crippen LogP contribution >= 0.6 is 0 Å². The third kappa shape index (κ3) is 3.55. The van der Waals surface area contributed by atoms with Crippen molar-refractivity contribution in [1.29, 1.82) is 0 Å². The van der Waals surface area contributed by atoms with Gasteiger partial charge in [0.15, 0.2) is 0 Å². The summed E-state index contributed by atoms with van der Waals surface area (Å²) in [5, 5.41) is 6.83. The van der Waals surface area contributed by atoms with Crippen LogP contribution in [0.15, 0.2) is 53.6 Å². The molecule has 0 amide bonds. The molecule has 23 heavy (non-hydrogen) atoms. The molecule has 0 spiro atoms. The van der Waals surface area contributed by atoms with Crippen molar-refractivity contribution >= 4 is 17.6 Å². The van der Waals surface area contributed by atoms with E-state index in [0.29, 0.717) is 0 Å². The Labute approximate surface area is 139 Å². The van der Waals surface area contributed by atoms with Gasteiger partial charge in [0.1, 0.15) is 0 Å². The van der Waals surface area contributed by atoms with Crippen molar-refractivity contribution in [3.8, 4) is 0 Å². The van der Waals surface area contributed by atoms with E-state index < -0.39 is 0 Å². The zero-order valence-electron chi connectivity index (χ0n) is 14.1. The number of hydrazone groups is 1. The average molecular weight is 307 g/mol. The molecule has 0 fully saturated rings. The van der Waals surface area contributed by atoms with Gasteiger partial charge in [0.2, 0.25) is 0 Å². The third-order valence-corrected chi connectivity index (χ3v) is 4.45. The minimum Gasteiger partial charge on any atom is -0.372 e. The number of hydrogen-bond donors (Lipinski definition) is 0. The summed E-state index contributed by atoms with van der Waals surface area (Å²) in [6.45, 7) is 7.44. The summed E-state index contributed by atoms with van der Waals surface area (Å²) >= 11 is 0. The number of aryl methyl sites for hydroxylation is 1. The monoisotopic (exact) mass is 307 g/mol. The number of rotatable bonds is 5. The maximum Gasteiger partial charge on any atom is 0.0625 e. The molecule has 0 saturated carbocycles. The zero-order valence-corrected chi connectivity index (χ0v) is 14.1. The predicted molar refractivity (Wildman–Crippen MR) is 99.7 cm³/mol. The molecule has 0 atom stereocenters. The molecule has 120 valence electrons. The molecule has 0 aromatic heterocycles. The van der Waals surface area contributed by atoms with Crippen LogP contribution in [0.1, 0.15) is 31.4 Å². The highest BCUT2D eigenvalue weighted by atomic mass is 15.5. The Kier molecular flexibility index (Phi) is 4.96. The van der Waals surface area contributed by atoms with Gasteiger partial charge in [-0.2, -0.15) is 5.10 Å². The Hall–Kier alpha value is -2.29. The van der Waals surface area contributed by atoms with Gasteiger partial charge in [0.05, 0.1) is 11.9 Å². The van der Waals surface area contributed by atoms with Crippen molar-refractivity contribution in [2.45, 2.75) is 26.7 Å². The Morgan fingerprint density at radius 2 is 1.78 bits per heavy atom. The van der Waals surface area contributed by atoms with E-state index >= 15 is 0 Å². The van der Waals surface area contributed by atoms with E-state index in [2.05, 4.69) is 72.3 Å². The van der Waals surface area contributed by atoms with E-state index in [0.717, 1.165) is 38.0 Å². The Balaban J connectivity index is 1.74. The molecule has 1 heterocycles. The number of benzene rings is 2. The van der Waals surface area contributed by atoms with E-state index in [1.165, 1.54) is 16.9 Å². The van der Waals surface area contributed by atoms with Gasteiger partial charge in [-0.3, -0.25) is 5.01 Å². The summed E-state index contributed by atoms with van der Waals surface area (Å²) in [4.78, 5) is 2.35. The Bertz CT molecular complexity index is 657. The van der Waals surface area contributed by atoms with Crippen molar-refractivity contribution in [1.82, 2.24) is 0 Å². The second-order valence-corrected chi connectivity index (χ2v) is 5.86. The van der Waals surface area contributed by atoms with Gasteiger partial charge in [0, 0.05) is 25.3 Å². The highest BCUT2D eigenvalue weighted by Crippen LogP contribution is 2.26. The second kappa shape index (κ2) is 7.32. The standard InChI is InChI=1S/C20H25N3/c1-3-22(4-2)19-13-11-17(12-14-19)16-21-23-15-7-9-18-8-5-6-10-20(18)23/h5-6,8,10-14,16H,3-4,7,9,15H2,1-2H3. The minimum atomic E-state index is 0.991. The van der Waals surface area contributed by atoms with Crippen LogP contribution in [-0.2, 0) is 6.42 Å². The first-order valence-electron chi connectivity index (χ1n) is 8.56. The fourth-order valence-electron chi connectivity index (χ4n) is 3.13. The summed E-state index contributed by atoms with van der Waals surface area (Å²) in [6, 6.07) is 17.2. The number of fused-ring (bicyclic) bond motifs is 1. The Morgan fingerprint density at radius 1 is 1.04 bits per heavy atom. The molecule has 3 heteroatoms. The van der Waals surface area contributed by atoms with Crippen molar-refractivity contribution in [2.75, 3.05) is 29.5 Å². The van der Waals surface area contributed by atoms with E-state index in [-0.39, 0.29) is 0 Å². The topological polar surface area (TPSA) is 18.8 Å². The van der Waals surface area contributed by atoms with Crippen LogP contribution in [0.3, 0.4) is 0 Å². The van der Waals surface area contributed by atoms with E-state index in [1.54, 1.807) is 0 Å². The molecule has 0 bridgehead atoms. The van der Waals surface area contributed by atoms with E-state index in [1.807, 2.05) is 6.21 Å². The van der Waals surface area contributed by atoms with Gasteiger partial charge < -0.3 is 4.90 Å². The lowest BCUT2D eigenvalue weighted by atomic mass is 10.0. The first-order chi connectivity index (χ1) is 11.3. The Morgan fingerprint density at radius 3 is 2.52 bits per heavy atom. The van der Waals surface area contributed by atoms with Crippen molar-refractivity contribution < 1.29 is 0 Å². The molecule has 0 N–H and O–H groups in total. The first kappa shape index (κ1) is 15.6. The summed E-state index contributed by atoms with van der Waals surface area (Å²) in [5.74, 6) is 0. The van der Waals surface area contributed by atoms with Crippen LogP contribution in [0.2, 0.25) is 0 Å². The summed E-state index contributed by atoms with van der Waals surface area (Å²) < 4.78 is 0. The van der Waals surface area contributed by atoms with Gasteiger partial charge in [-0.05, 0) is 56.0 Å². The SMILES string of the molecule is CCN(CC)c1ccc(C=NN2CCCc3ccccc32)cc1. The maximum absolute atomic E-state index is 4.70. The minimum absolute atomic E-state index is 0.991. The lowest BCUT2D eigenvalue weighted by molar-refractivity contribution is 0.717. The molecule has 2 aromatic carbocycles. The number of anilines is 2. The molecular formula is C20H25N3. The third-order valence-electron chi connectivity index (χ3n) is 4.45. The quantitative estimate of drug-likeness (QED) is 0.766. The second-order valence-electron chi connectivity index (χ2n) is 5.86. The molecular weight excluding hydrogens is 282 g/mol. The first-order valence-corrected chi connectivity index (χ1v) is 8.56. The molecule has 3 rings (SSSR count). The highest BCUT2D eigenvalue weighted by Gasteiger charge is 2.14. The molecule has 0 radical (unpaired) electrons. The fourth-order valence-corrected chi connectivity index (χ4v) is 3.13. The van der Waals surface area contributed by atoms with Crippen LogP contribution in [-0.4, -0.2) is 25.8 Å². The predicted octanol–water partition coefficient (Wildman–Crippen LogP) is 4.32. The fraction of sp³-hybridized carbons (Fsp3) is 0.350. The van der Waals surface area contributed by atoms with Crippen LogP contribution in [0, 0.1) is 0 Å². The average Bonchev–Trinajstić information content (AvgIpc) is 2.62. The van der Waals surface area contributed by atoms with Crippen molar-refractivity contribution in [2.24, 2.45) is 5.10 Å². The summed E-state index contributed by atoms with van der Waals surface area (Å²) in [5.41, 5.74) is 5.06. The highest BCUT2D eigenvalue weighted by molar-refractivity contribution is 5.81. The maximum atomic E-state index is 4.70. The number of para-hydroxylation sites is 1. The normalized spacial score (nSPS) is 14.1. The summed E-state index contributed by atoms with van der Waals surface area (Å²) in [6.07, 6.45) is 4.28. The molecule has 0 aliphatic carbocycles. The smallest absolute Gasteiger partial charge is 0.0625 e. The largest absolute Gasteiger partial charge is 0.372 e. The van der Waals surface area contributed by atoms with E-state index in [9.17, 15) is 0 Å². The van der Waals surface area contributed by atoms with Crippen molar-refractivity contribution in [3.05, 3.63) is 59.7 Å². The summed E-state index contributed by atoms with van der Waals surface area (Å²) in [7, 11) is 0. The molecule has 0 saturated heterocycles. The van der Waals surface area contributed by atoms with Gasteiger partial charge >= 0.3 is 0 Å². The zero-order chi connectivity index (χ0) is 16.1. The molecule has 1 aliphatic rings. The lowest BCUT2D eigenvalue weighted by Crippen LogP contribution is -2.24. The van der Waals surface area contributed by atoms with Crippen LogP contribution < -0.4 is 9.91 Å². The number of hydrogen-bond acceptors (Lipinski definition) is 3. The van der Waals surface area contributed by atoms with Crippen LogP contribution in [0.5, 0.6) is 0 Å². The molecule has 2 aromatic rings. The molecule has 3 nitrogen and oxygen atoms in total. The molecule has 1 aliphatic heterocycles. The van der Waals surface area contributed by atoms with Crippen LogP contribution in [0.25, 0.3) is 0 Å². The lowest BCUT2D eigenvalue weighted by Gasteiger charge is -2.26. The van der Waals surface area contributed by atoms with Crippen molar-refractivity contribution in [3.63, 3.8) is 0 Å². The van der Waals surface area contributed by atoms with E-state index in [4.69, 9.17) is 5.10 Å². The van der Waals surface area contributed by atoms with Gasteiger partial charge in [-0.1, -0.05) is 30.3 Å². The van der Waals surface area contributed by atoms with Gasteiger partial charge in [-0.15, -0.1) is 0 Å². The van der Waals surface area contributed by atoms with Gasteiger partial charge in [0.25, 0.3) is 0 Å². The van der Waals surface area contributed by atoms with Gasteiger partial charge in [-0.25, -0.2) is 0 Å².